The lowest BCUT2D eigenvalue weighted by Crippen LogP contribution is -2.44. The van der Waals surface area contributed by atoms with Gasteiger partial charge in [0, 0.05) is 33.4 Å². The third kappa shape index (κ3) is 3.21. The Bertz CT molecular complexity index is 433. The molecule has 0 radical (unpaired) electrons. The Hall–Kier alpha value is -1.66. The van der Waals surface area contributed by atoms with Crippen molar-refractivity contribution in [2.75, 3.05) is 45.3 Å². The Morgan fingerprint density at radius 3 is 2.95 bits per heavy atom. The second-order valence-electron chi connectivity index (χ2n) is 4.73. The highest BCUT2D eigenvalue weighted by molar-refractivity contribution is 5.93. The van der Waals surface area contributed by atoms with Crippen LogP contribution < -0.4 is 4.90 Å². The minimum atomic E-state index is -0.168. The van der Waals surface area contributed by atoms with Crippen LogP contribution in [0.25, 0.3) is 0 Å². The largest absolute Gasteiger partial charge is 0.394 e. The second kappa shape index (κ2) is 5.99. The maximum Gasteiger partial charge on any atom is 0.254 e. The van der Waals surface area contributed by atoms with Crippen LogP contribution in [0.2, 0.25) is 0 Å². The fourth-order valence-electron chi connectivity index (χ4n) is 2.00. The molecule has 1 aromatic rings. The van der Waals surface area contributed by atoms with Gasteiger partial charge in [0.05, 0.1) is 24.9 Å². The van der Waals surface area contributed by atoms with E-state index >= 15 is 0 Å². The standard InChI is InChI=1S/C13H19N3O3/c1-15(2)13(18)10-3-4-12(14-7-10)16-5-6-19-11(8-16)9-17/h3-4,7,11,17H,5-6,8-9H2,1-2H3. The van der Waals surface area contributed by atoms with Crippen LogP contribution in [-0.4, -0.2) is 67.4 Å². The zero-order valence-corrected chi connectivity index (χ0v) is 11.2. The maximum atomic E-state index is 11.7. The number of hydrogen-bond acceptors (Lipinski definition) is 5. The molecule has 19 heavy (non-hydrogen) atoms. The first-order valence-corrected chi connectivity index (χ1v) is 6.27. The van der Waals surface area contributed by atoms with Crippen LogP contribution in [0.5, 0.6) is 0 Å². The number of nitrogens with zero attached hydrogens (tertiary/aromatic N) is 3. The molecule has 0 aliphatic carbocycles. The number of aliphatic hydroxyl groups excluding tert-OH is 1. The average Bonchev–Trinajstić information content (AvgIpc) is 2.46. The van der Waals surface area contributed by atoms with Crippen molar-refractivity contribution in [1.29, 1.82) is 0 Å². The van der Waals surface area contributed by atoms with Crippen molar-refractivity contribution >= 4 is 11.7 Å². The molecule has 1 N–H and O–H groups in total. The summed E-state index contributed by atoms with van der Waals surface area (Å²) in [6.45, 7) is 1.94. The molecule has 0 spiro atoms. The normalized spacial score (nSPS) is 19.3. The van der Waals surface area contributed by atoms with Gasteiger partial charge in [-0.1, -0.05) is 0 Å². The van der Waals surface area contributed by atoms with Crippen LogP contribution in [0.4, 0.5) is 5.82 Å². The van der Waals surface area contributed by atoms with Gasteiger partial charge >= 0.3 is 0 Å². The van der Waals surface area contributed by atoms with E-state index in [0.29, 0.717) is 18.7 Å². The third-order valence-electron chi connectivity index (χ3n) is 3.07. The fraction of sp³-hybridized carbons (Fsp3) is 0.538. The molecule has 1 aromatic heterocycles. The molecule has 0 saturated carbocycles. The molecule has 2 rings (SSSR count). The van der Waals surface area contributed by atoms with Gasteiger partial charge in [0.15, 0.2) is 0 Å². The molecule has 1 amide bonds. The van der Waals surface area contributed by atoms with Crippen LogP contribution >= 0.6 is 0 Å². The van der Waals surface area contributed by atoms with Crippen molar-refractivity contribution in [2.24, 2.45) is 0 Å². The summed E-state index contributed by atoms with van der Waals surface area (Å²) >= 11 is 0. The van der Waals surface area contributed by atoms with Gasteiger partial charge in [-0.15, -0.1) is 0 Å². The molecule has 1 aliphatic heterocycles. The van der Waals surface area contributed by atoms with E-state index in [9.17, 15) is 4.79 Å². The van der Waals surface area contributed by atoms with Gasteiger partial charge in [-0.2, -0.15) is 0 Å². The summed E-state index contributed by atoms with van der Waals surface area (Å²) < 4.78 is 5.39. The van der Waals surface area contributed by atoms with Gasteiger partial charge in [0.2, 0.25) is 0 Å². The van der Waals surface area contributed by atoms with Crippen molar-refractivity contribution in [2.45, 2.75) is 6.10 Å². The number of pyridine rings is 1. The number of morpholine rings is 1. The highest BCUT2D eigenvalue weighted by Gasteiger charge is 2.21. The molecule has 1 fully saturated rings. The number of anilines is 1. The molecule has 1 unspecified atom stereocenters. The van der Waals surface area contributed by atoms with E-state index in [1.165, 1.54) is 4.90 Å². The number of carbonyl (C=O) groups excluding carboxylic acids is 1. The second-order valence-corrected chi connectivity index (χ2v) is 4.73. The Labute approximate surface area is 112 Å². The number of aromatic nitrogens is 1. The van der Waals surface area contributed by atoms with Gasteiger partial charge in [0.25, 0.3) is 5.91 Å². The summed E-state index contributed by atoms with van der Waals surface area (Å²) in [7, 11) is 3.42. The van der Waals surface area contributed by atoms with E-state index in [4.69, 9.17) is 9.84 Å². The average molecular weight is 265 g/mol. The van der Waals surface area contributed by atoms with Gasteiger partial charge in [-0.3, -0.25) is 4.79 Å². The molecular weight excluding hydrogens is 246 g/mol. The predicted octanol–water partition coefficient (Wildman–Crippen LogP) is -0.0191. The van der Waals surface area contributed by atoms with Crippen molar-refractivity contribution in [3.05, 3.63) is 23.9 Å². The van der Waals surface area contributed by atoms with E-state index in [-0.39, 0.29) is 18.6 Å². The van der Waals surface area contributed by atoms with Gasteiger partial charge in [0.1, 0.15) is 5.82 Å². The molecule has 1 aliphatic rings. The lowest BCUT2D eigenvalue weighted by atomic mass is 10.2. The minimum Gasteiger partial charge on any atom is -0.394 e. The molecule has 1 saturated heterocycles. The van der Waals surface area contributed by atoms with Crippen LogP contribution in [0.1, 0.15) is 10.4 Å². The lowest BCUT2D eigenvalue weighted by Gasteiger charge is -2.32. The fourth-order valence-corrected chi connectivity index (χ4v) is 2.00. The summed E-state index contributed by atoms with van der Waals surface area (Å²) in [5, 5.41) is 9.11. The van der Waals surface area contributed by atoms with Gasteiger partial charge in [-0.05, 0) is 12.1 Å². The maximum absolute atomic E-state index is 11.7. The third-order valence-corrected chi connectivity index (χ3v) is 3.07. The van der Waals surface area contributed by atoms with Crippen molar-refractivity contribution in [3.8, 4) is 0 Å². The monoisotopic (exact) mass is 265 g/mol. The summed E-state index contributed by atoms with van der Waals surface area (Å²) in [5.74, 6) is 0.742. The minimum absolute atomic E-state index is 0.00764. The van der Waals surface area contributed by atoms with Gasteiger partial charge < -0.3 is 19.6 Å². The SMILES string of the molecule is CN(C)C(=O)c1ccc(N2CCOC(CO)C2)nc1. The first-order chi connectivity index (χ1) is 9.11. The van der Waals surface area contributed by atoms with Crippen molar-refractivity contribution in [3.63, 3.8) is 0 Å². The Kier molecular flexibility index (Phi) is 4.34. The van der Waals surface area contributed by atoms with E-state index in [1.807, 2.05) is 11.0 Å². The number of ether oxygens (including phenoxy) is 1. The number of carbonyl (C=O) groups is 1. The Balaban J connectivity index is 2.07. The molecule has 0 bridgehead atoms. The zero-order valence-electron chi connectivity index (χ0n) is 11.2. The van der Waals surface area contributed by atoms with E-state index < -0.39 is 0 Å². The van der Waals surface area contributed by atoms with E-state index in [2.05, 4.69) is 4.98 Å². The zero-order chi connectivity index (χ0) is 13.8. The molecule has 2 heterocycles. The van der Waals surface area contributed by atoms with Crippen LogP contribution in [-0.2, 0) is 4.74 Å². The first kappa shape index (κ1) is 13.8. The number of aliphatic hydroxyl groups is 1. The quantitative estimate of drug-likeness (QED) is 0.832. The van der Waals surface area contributed by atoms with Crippen molar-refractivity contribution < 1.29 is 14.6 Å². The van der Waals surface area contributed by atoms with Crippen LogP contribution in [0, 0.1) is 0 Å². The summed E-state index contributed by atoms with van der Waals surface area (Å²) in [6, 6.07) is 3.60. The first-order valence-electron chi connectivity index (χ1n) is 6.27. The number of amides is 1. The summed E-state index contributed by atoms with van der Waals surface area (Å²) in [5.41, 5.74) is 0.570. The van der Waals surface area contributed by atoms with E-state index in [0.717, 1.165) is 12.4 Å². The van der Waals surface area contributed by atoms with Crippen molar-refractivity contribution in [1.82, 2.24) is 9.88 Å². The lowest BCUT2D eigenvalue weighted by molar-refractivity contribution is 0.00336. The number of hydrogen-bond donors (Lipinski definition) is 1. The molecule has 104 valence electrons. The molecule has 1 atom stereocenters. The molecule has 0 aromatic carbocycles. The van der Waals surface area contributed by atoms with Gasteiger partial charge in [-0.25, -0.2) is 4.98 Å². The molecule has 6 nitrogen and oxygen atoms in total. The smallest absolute Gasteiger partial charge is 0.254 e. The number of rotatable bonds is 3. The molecular formula is C13H19N3O3. The summed E-state index contributed by atoms with van der Waals surface area (Å²) in [6.07, 6.45) is 1.42. The van der Waals surface area contributed by atoms with E-state index in [1.54, 1.807) is 26.4 Å². The summed E-state index contributed by atoms with van der Waals surface area (Å²) in [4.78, 5) is 19.6. The molecule has 6 heteroatoms. The Morgan fingerprint density at radius 1 is 1.58 bits per heavy atom. The predicted molar refractivity (Wildman–Crippen MR) is 71.3 cm³/mol. The highest BCUT2D eigenvalue weighted by Crippen LogP contribution is 2.15. The Morgan fingerprint density at radius 2 is 2.37 bits per heavy atom. The highest BCUT2D eigenvalue weighted by atomic mass is 16.5. The van der Waals surface area contributed by atoms with Crippen LogP contribution in [0.15, 0.2) is 18.3 Å². The topological polar surface area (TPSA) is 65.9 Å². The van der Waals surface area contributed by atoms with Crippen LogP contribution in [0.3, 0.4) is 0 Å².